The van der Waals surface area contributed by atoms with E-state index >= 15 is 0 Å². The first kappa shape index (κ1) is 13.6. The van der Waals surface area contributed by atoms with E-state index in [9.17, 15) is 15.0 Å². The summed E-state index contributed by atoms with van der Waals surface area (Å²) >= 11 is 0. The van der Waals surface area contributed by atoms with Crippen molar-refractivity contribution in [3.05, 3.63) is 18.2 Å². The van der Waals surface area contributed by atoms with Crippen LogP contribution < -0.4 is 15.0 Å². The molecule has 0 aliphatic carbocycles. The van der Waals surface area contributed by atoms with E-state index in [0.717, 1.165) is 5.69 Å². The first-order valence-corrected chi connectivity index (χ1v) is 6.15. The zero-order valence-electron chi connectivity index (χ0n) is 11.0. The van der Waals surface area contributed by atoms with Crippen LogP contribution >= 0.6 is 0 Å². The molecule has 0 bridgehead atoms. The molecule has 1 aliphatic heterocycles. The summed E-state index contributed by atoms with van der Waals surface area (Å²) in [6.45, 7) is 1.03. The molecule has 0 saturated carbocycles. The van der Waals surface area contributed by atoms with Crippen LogP contribution in [-0.2, 0) is 4.79 Å². The zero-order valence-corrected chi connectivity index (χ0v) is 11.0. The molecule has 2 rings (SSSR count). The lowest BCUT2D eigenvalue weighted by atomic mass is 10.1. The molecule has 0 saturated heterocycles. The van der Waals surface area contributed by atoms with E-state index in [1.807, 2.05) is 6.07 Å². The molecule has 1 heterocycles. The van der Waals surface area contributed by atoms with Crippen LogP contribution in [0.5, 0.6) is 5.75 Å². The van der Waals surface area contributed by atoms with E-state index in [1.54, 1.807) is 26.1 Å². The number of aliphatic hydroxyl groups excluding tert-OH is 2. The highest BCUT2D eigenvalue weighted by atomic mass is 16.5. The second-order valence-electron chi connectivity index (χ2n) is 4.42. The van der Waals surface area contributed by atoms with Gasteiger partial charge in [0.05, 0.1) is 24.9 Å². The molecule has 6 heteroatoms. The van der Waals surface area contributed by atoms with Crippen molar-refractivity contribution < 1.29 is 19.7 Å². The highest BCUT2D eigenvalue weighted by Crippen LogP contribution is 2.37. The Labute approximate surface area is 111 Å². The van der Waals surface area contributed by atoms with Gasteiger partial charge in [0, 0.05) is 12.7 Å². The van der Waals surface area contributed by atoms with Gasteiger partial charge >= 0.3 is 0 Å². The van der Waals surface area contributed by atoms with Gasteiger partial charge in [-0.05, 0) is 25.1 Å². The summed E-state index contributed by atoms with van der Waals surface area (Å²) in [6.07, 6.45) is -0.631. The Bertz CT molecular complexity index is 474. The summed E-state index contributed by atoms with van der Waals surface area (Å²) in [4.78, 5) is 13.6. The first-order chi connectivity index (χ1) is 9.12. The Balaban J connectivity index is 2.49. The molecule has 104 valence electrons. The monoisotopic (exact) mass is 266 g/mol. The minimum Gasteiger partial charge on any atom is -0.479 e. The number of rotatable bonds is 4. The minimum atomic E-state index is -0.662. The number of anilines is 2. The van der Waals surface area contributed by atoms with Crippen molar-refractivity contribution in [1.29, 1.82) is 0 Å². The van der Waals surface area contributed by atoms with Crippen molar-refractivity contribution in [3.8, 4) is 5.75 Å². The van der Waals surface area contributed by atoms with Crippen molar-refractivity contribution in [2.24, 2.45) is 0 Å². The smallest absolute Gasteiger partial charge is 0.268 e. The van der Waals surface area contributed by atoms with Crippen molar-refractivity contribution >= 4 is 17.3 Å². The average Bonchev–Trinajstić information content (AvgIpc) is 2.43. The second kappa shape index (κ2) is 5.46. The fraction of sp³-hybridized carbons (Fsp3) is 0.462. The van der Waals surface area contributed by atoms with Gasteiger partial charge in [0.2, 0.25) is 0 Å². The van der Waals surface area contributed by atoms with Crippen LogP contribution in [0, 0.1) is 0 Å². The first-order valence-electron chi connectivity index (χ1n) is 6.15. The van der Waals surface area contributed by atoms with Gasteiger partial charge in [0.1, 0.15) is 5.75 Å². The lowest BCUT2D eigenvalue weighted by Crippen LogP contribution is -2.52. The average molecular weight is 266 g/mol. The van der Waals surface area contributed by atoms with Crippen LogP contribution in [0.1, 0.15) is 6.92 Å². The molecular weight excluding hydrogens is 248 g/mol. The van der Waals surface area contributed by atoms with Crippen molar-refractivity contribution in [1.82, 2.24) is 0 Å². The van der Waals surface area contributed by atoms with Crippen LogP contribution in [0.4, 0.5) is 11.4 Å². The SMILES string of the molecule is CNc1ccc2c(c1)N(C(CO)CO)C(=O)C(C)O2. The maximum absolute atomic E-state index is 12.2. The quantitative estimate of drug-likeness (QED) is 0.725. The van der Waals surface area contributed by atoms with Crippen LogP contribution in [0.2, 0.25) is 0 Å². The fourth-order valence-electron chi connectivity index (χ4n) is 2.11. The van der Waals surface area contributed by atoms with Gasteiger partial charge in [-0.3, -0.25) is 9.69 Å². The third-order valence-electron chi connectivity index (χ3n) is 3.18. The molecule has 19 heavy (non-hydrogen) atoms. The highest BCUT2D eigenvalue weighted by molar-refractivity contribution is 6.00. The summed E-state index contributed by atoms with van der Waals surface area (Å²) < 4.78 is 5.53. The predicted molar refractivity (Wildman–Crippen MR) is 71.5 cm³/mol. The third-order valence-corrected chi connectivity index (χ3v) is 3.18. The molecule has 1 aromatic carbocycles. The largest absolute Gasteiger partial charge is 0.479 e. The Hall–Kier alpha value is -1.79. The molecule has 6 nitrogen and oxygen atoms in total. The number of ether oxygens (including phenoxy) is 1. The standard InChI is InChI=1S/C13H18N2O4/c1-8-13(18)15(10(6-16)7-17)11-5-9(14-2)3-4-12(11)19-8/h3-5,8,10,14,16-17H,6-7H2,1-2H3. The number of hydrogen-bond acceptors (Lipinski definition) is 5. The molecule has 1 unspecified atom stereocenters. The van der Waals surface area contributed by atoms with Crippen molar-refractivity contribution in [2.75, 3.05) is 30.5 Å². The molecular formula is C13H18N2O4. The Morgan fingerprint density at radius 1 is 1.42 bits per heavy atom. The summed E-state index contributed by atoms with van der Waals surface area (Å²) in [5.74, 6) is 0.298. The summed E-state index contributed by atoms with van der Waals surface area (Å²) in [5, 5.41) is 21.6. The number of aliphatic hydroxyl groups is 2. The molecule has 0 spiro atoms. The van der Waals surface area contributed by atoms with E-state index in [2.05, 4.69) is 5.32 Å². The van der Waals surface area contributed by atoms with Gasteiger partial charge in [0.25, 0.3) is 5.91 Å². The molecule has 1 atom stereocenters. The van der Waals surface area contributed by atoms with Crippen LogP contribution in [0.25, 0.3) is 0 Å². The number of hydrogen-bond donors (Lipinski definition) is 3. The van der Waals surface area contributed by atoms with Crippen molar-refractivity contribution in [3.63, 3.8) is 0 Å². The lowest BCUT2D eigenvalue weighted by molar-refractivity contribution is -0.126. The van der Waals surface area contributed by atoms with Gasteiger partial charge in [-0.25, -0.2) is 0 Å². The second-order valence-corrected chi connectivity index (χ2v) is 4.42. The maximum Gasteiger partial charge on any atom is 0.268 e. The van der Waals surface area contributed by atoms with E-state index in [4.69, 9.17) is 4.74 Å². The molecule has 0 fully saturated rings. The van der Waals surface area contributed by atoms with E-state index in [1.165, 1.54) is 4.90 Å². The highest BCUT2D eigenvalue weighted by Gasteiger charge is 2.35. The normalized spacial score (nSPS) is 18.3. The number of carbonyl (C=O) groups excluding carboxylic acids is 1. The zero-order chi connectivity index (χ0) is 14.0. The van der Waals surface area contributed by atoms with E-state index < -0.39 is 12.1 Å². The number of nitrogens with one attached hydrogen (secondary N) is 1. The molecule has 1 aliphatic rings. The lowest BCUT2D eigenvalue weighted by Gasteiger charge is -2.37. The third kappa shape index (κ3) is 2.36. The molecule has 1 aromatic rings. The van der Waals surface area contributed by atoms with E-state index in [-0.39, 0.29) is 19.1 Å². The number of benzene rings is 1. The van der Waals surface area contributed by atoms with Crippen molar-refractivity contribution in [2.45, 2.75) is 19.1 Å². The van der Waals surface area contributed by atoms with Crippen LogP contribution in [0.15, 0.2) is 18.2 Å². The fourth-order valence-corrected chi connectivity index (χ4v) is 2.11. The Morgan fingerprint density at radius 3 is 2.68 bits per heavy atom. The van der Waals surface area contributed by atoms with Gasteiger partial charge in [-0.2, -0.15) is 0 Å². The summed E-state index contributed by atoms with van der Waals surface area (Å²) in [6, 6.07) is 4.71. The van der Waals surface area contributed by atoms with Gasteiger partial charge in [-0.15, -0.1) is 0 Å². The number of carbonyl (C=O) groups is 1. The van der Waals surface area contributed by atoms with Gasteiger partial charge < -0.3 is 20.3 Å². The molecule has 0 radical (unpaired) electrons. The van der Waals surface area contributed by atoms with Gasteiger partial charge in [0.15, 0.2) is 6.10 Å². The molecule has 3 N–H and O–H groups in total. The minimum absolute atomic E-state index is 0.270. The molecule has 1 amide bonds. The molecule has 0 aromatic heterocycles. The predicted octanol–water partition coefficient (Wildman–Crippen LogP) is 0.195. The van der Waals surface area contributed by atoms with Gasteiger partial charge in [-0.1, -0.05) is 0 Å². The Morgan fingerprint density at radius 2 is 2.11 bits per heavy atom. The van der Waals surface area contributed by atoms with Crippen LogP contribution in [0.3, 0.4) is 0 Å². The summed E-state index contributed by atoms with van der Waals surface area (Å²) in [7, 11) is 1.77. The topological polar surface area (TPSA) is 82.0 Å². The number of nitrogens with zero attached hydrogens (tertiary/aromatic N) is 1. The van der Waals surface area contributed by atoms with Crippen LogP contribution in [-0.4, -0.2) is 48.5 Å². The number of fused-ring (bicyclic) bond motifs is 1. The number of amides is 1. The summed E-state index contributed by atoms with van der Waals surface area (Å²) in [5.41, 5.74) is 1.38. The Kier molecular flexibility index (Phi) is 3.92. The maximum atomic E-state index is 12.2. The van der Waals surface area contributed by atoms with E-state index in [0.29, 0.717) is 11.4 Å².